The highest BCUT2D eigenvalue weighted by molar-refractivity contribution is 7.80. The standard InChI is InChI=1S/C24H20N4O4S/c1-32-18-10-7-16(8-11-18)26-24(33)27-23(31)25-17-9-12-20-19(13-17)21(29)22(30)28(20)14-15-5-3-2-4-6-15/h2-13H,14H2,1H3,(H3,25,26,27,31,33). The predicted octanol–water partition coefficient (Wildman–Crippen LogP) is 3.94. The van der Waals surface area contributed by atoms with Crippen molar-refractivity contribution in [3.8, 4) is 5.75 Å². The lowest BCUT2D eigenvalue weighted by Gasteiger charge is -2.17. The minimum absolute atomic E-state index is 0.0964. The number of thiocarbonyl (C=S) groups is 1. The Morgan fingerprint density at radius 1 is 0.939 bits per heavy atom. The Hall–Kier alpha value is -4.24. The van der Waals surface area contributed by atoms with Gasteiger partial charge in [0.1, 0.15) is 5.75 Å². The second-order valence-corrected chi connectivity index (χ2v) is 7.61. The van der Waals surface area contributed by atoms with Crippen molar-refractivity contribution in [3.63, 3.8) is 0 Å². The molecule has 0 saturated carbocycles. The smallest absolute Gasteiger partial charge is 0.325 e. The number of ether oxygens (including phenoxy) is 1. The fraction of sp³-hybridized carbons (Fsp3) is 0.0833. The highest BCUT2D eigenvalue weighted by Crippen LogP contribution is 2.32. The normalized spacial score (nSPS) is 12.2. The van der Waals surface area contributed by atoms with E-state index in [0.717, 1.165) is 5.56 Å². The van der Waals surface area contributed by atoms with E-state index in [4.69, 9.17) is 17.0 Å². The second-order valence-electron chi connectivity index (χ2n) is 7.20. The number of benzene rings is 3. The van der Waals surface area contributed by atoms with Crippen LogP contribution in [0.15, 0.2) is 72.8 Å². The first-order valence-electron chi connectivity index (χ1n) is 10.0. The van der Waals surface area contributed by atoms with Gasteiger partial charge in [0.05, 0.1) is 24.9 Å². The molecule has 8 nitrogen and oxygen atoms in total. The van der Waals surface area contributed by atoms with E-state index >= 15 is 0 Å². The van der Waals surface area contributed by atoms with E-state index in [-0.39, 0.29) is 17.2 Å². The predicted molar refractivity (Wildman–Crippen MR) is 130 cm³/mol. The maximum atomic E-state index is 12.5. The van der Waals surface area contributed by atoms with Crippen molar-refractivity contribution >= 4 is 52.1 Å². The number of urea groups is 1. The Morgan fingerprint density at radius 3 is 2.33 bits per heavy atom. The van der Waals surface area contributed by atoms with E-state index in [9.17, 15) is 14.4 Å². The topological polar surface area (TPSA) is 99.8 Å². The third-order valence-corrected chi connectivity index (χ3v) is 5.19. The summed E-state index contributed by atoms with van der Waals surface area (Å²) in [7, 11) is 1.57. The monoisotopic (exact) mass is 460 g/mol. The third-order valence-electron chi connectivity index (χ3n) is 4.99. The van der Waals surface area contributed by atoms with Gasteiger partial charge in [-0.2, -0.15) is 0 Å². The number of hydrogen-bond acceptors (Lipinski definition) is 5. The molecule has 0 radical (unpaired) electrons. The molecule has 1 aliphatic heterocycles. The summed E-state index contributed by atoms with van der Waals surface area (Å²) < 4.78 is 5.10. The summed E-state index contributed by atoms with van der Waals surface area (Å²) in [4.78, 5) is 38.8. The summed E-state index contributed by atoms with van der Waals surface area (Å²) in [6.07, 6.45) is 0. The van der Waals surface area contributed by atoms with Crippen LogP contribution in [0.1, 0.15) is 15.9 Å². The molecule has 9 heteroatoms. The van der Waals surface area contributed by atoms with Gasteiger partial charge in [0.15, 0.2) is 5.11 Å². The molecule has 0 bridgehead atoms. The van der Waals surface area contributed by atoms with E-state index in [1.54, 1.807) is 43.5 Å². The van der Waals surface area contributed by atoms with Gasteiger partial charge in [0, 0.05) is 11.4 Å². The number of rotatable bonds is 5. The minimum Gasteiger partial charge on any atom is -0.497 e. The zero-order valence-corrected chi connectivity index (χ0v) is 18.4. The van der Waals surface area contributed by atoms with Gasteiger partial charge in [-0.25, -0.2) is 4.79 Å². The molecule has 0 spiro atoms. The number of nitrogens with zero attached hydrogens (tertiary/aromatic N) is 1. The van der Waals surface area contributed by atoms with Gasteiger partial charge in [-0.05, 0) is 60.2 Å². The largest absolute Gasteiger partial charge is 0.497 e. The Bertz CT molecular complexity index is 1230. The van der Waals surface area contributed by atoms with Crippen LogP contribution < -0.4 is 25.6 Å². The number of fused-ring (bicyclic) bond motifs is 1. The number of Topliss-reactive ketones (excluding diaryl/α,β-unsaturated/α-hetero) is 1. The summed E-state index contributed by atoms with van der Waals surface area (Å²) in [6.45, 7) is 0.289. The zero-order chi connectivity index (χ0) is 23.4. The average molecular weight is 461 g/mol. The summed E-state index contributed by atoms with van der Waals surface area (Å²) in [6, 6.07) is 20.6. The van der Waals surface area contributed by atoms with E-state index in [1.165, 1.54) is 11.0 Å². The average Bonchev–Trinajstić information content (AvgIpc) is 3.04. The van der Waals surface area contributed by atoms with Crippen LogP contribution in [0.3, 0.4) is 0 Å². The maximum absolute atomic E-state index is 12.5. The van der Waals surface area contributed by atoms with Crippen LogP contribution in [-0.4, -0.2) is 29.9 Å². The van der Waals surface area contributed by atoms with Crippen LogP contribution in [0.5, 0.6) is 5.75 Å². The van der Waals surface area contributed by atoms with E-state index in [0.29, 0.717) is 22.8 Å². The number of anilines is 3. The third kappa shape index (κ3) is 4.99. The molecule has 0 saturated heterocycles. The van der Waals surface area contributed by atoms with Gasteiger partial charge < -0.3 is 20.3 Å². The lowest BCUT2D eigenvalue weighted by molar-refractivity contribution is -0.114. The number of nitrogens with one attached hydrogen (secondary N) is 3. The van der Waals surface area contributed by atoms with Crippen LogP contribution in [0, 0.1) is 0 Å². The molecule has 1 aliphatic rings. The summed E-state index contributed by atoms with van der Waals surface area (Å²) >= 11 is 5.16. The number of hydrogen-bond donors (Lipinski definition) is 3. The first kappa shape index (κ1) is 22.0. The van der Waals surface area contributed by atoms with Gasteiger partial charge in [-0.3, -0.25) is 14.9 Å². The molecular formula is C24H20N4O4S. The van der Waals surface area contributed by atoms with Crippen LogP contribution in [0.2, 0.25) is 0 Å². The van der Waals surface area contributed by atoms with Gasteiger partial charge in [-0.15, -0.1) is 0 Å². The molecule has 0 aromatic heterocycles. The zero-order valence-electron chi connectivity index (χ0n) is 17.6. The molecule has 3 aromatic carbocycles. The Kier molecular flexibility index (Phi) is 6.32. The van der Waals surface area contributed by atoms with E-state index in [2.05, 4.69) is 16.0 Å². The minimum atomic E-state index is -0.610. The number of amides is 3. The van der Waals surface area contributed by atoms with Gasteiger partial charge in [-0.1, -0.05) is 30.3 Å². The SMILES string of the molecule is COc1ccc(NC(=S)NC(=O)Nc2ccc3c(c2)C(=O)C(=O)N3Cc2ccccc2)cc1. The number of carbonyl (C=O) groups is 3. The maximum Gasteiger partial charge on any atom is 0.325 e. The van der Waals surface area contributed by atoms with E-state index < -0.39 is 17.7 Å². The van der Waals surface area contributed by atoms with Gasteiger partial charge in [0.25, 0.3) is 11.7 Å². The summed E-state index contributed by atoms with van der Waals surface area (Å²) in [5, 5.41) is 8.13. The van der Waals surface area contributed by atoms with Gasteiger partial charge >= 0.3 is 6.03 Å². The fourth-order valence-corrected chi connectivity index (χ4v) is 3.61. The second kappa shape index (κ2) is 9.49. The lowest BCUT2D eigenvalue weighted by Crippen LogP contribution is -2.37. The van der Waals surface area contributed by atoms with Crippen molar-refractivity contribution in [1.82, 2.24) is 5.32 Å². The molecule has 1 heterocycles. The quantitative estimate of drug-likeness (QED) is 0.394. The molecule has 0 aliphatic carbocycles. The molecular weight excluding hydrogens is 440 g/mol. The molecule has 0 atom stereocenters. The van der Waals surface area contributed by atoms with Crippen LogP contribution >= 0.6 is 12.2 Å². The van der Waals surface area contributed by atoms with Crippen molar-refractivity contribution < 1.29 is 19.1 Å². The molecule has 4 rings (SSSR count). The summed E-state index contributed by atoms with van der Waals surface area (Å²) in [5.41, 5.74) is 2.71. The highest BCUT2D eigenvalue weighted by atomic mass is 32.1. The van der Waals surface area contributed by atoms with Crippen LogP contribution in [0.4, 0.5) is 21.9 Å². The van der Waals surface area contributed by atoms with Crippen molar-refractivity contribution in [1.29, 1.82) is 0 Å². The van der Waals surface area contributed by atoms with Crippen LogP contribution in [-0.2, 0) is 11.3 Å². The van der Waals surface area contributed by atoms with Crippen molar-refractivity contribution in [2.45, 2.75) is 6.54 Å². The molecule has 0 fully saturated rings. The Labute approximate surface area is 195 Å². The molecule has 3 amide bonds. The van der Waals surface area contributed by atoms with Crippen LogP contribution in [0.25, 0.3) is 0 Å². The van der Waals surface area contributed by atoms with Gasteiger partial charge in [0.2, 0.25) is 0 Å². The van der Waals surface area contributed by atoms with Crippen molar-refractivity contribution in [2.75, 3.05) is 22.6 Å². The Balaban J connectivity index is 1.40. The molecule has 33 heavy (non-hydrogen) atoms. The first-order chi connectivity index (χ1) is 15.9. The first-order valence-corrected chi connectivity index (χ1v) is 10.4. The molecule has 166 valence electrons. The van der Waals surface area contributed by atoms with Crippen molar-refractivity contribution in [3.05, 3.63) is 83.9 Å². The molecule has 3 aromatic rings. The number of methoxy groups -OCH3 is 1. The molecule has 0 unspecified atom stereocenters. The Morgan fingerprint density at radius 2 is 1.64 bits per heavy atom. The molecule has 3 N–H and O–H groups in total. The summed E-state index contributed by atoms with van der Waals surface area (Å²) in [5.74, 6) is -0.508. The van der Waals surface area contributed by atoms with E-state index in [1.807, 2.05) is 30.3 Å². The highest BCUT2D eigenvalue weighted by Gasteiger charge is 2.36. The number of carbonyl (C=O) groups excluding carboxylic acids is 3. The van der Waals surface area contributed by atoms with Crippen molar-refractivity contribution in [2.24, 2.45) is 0 Å². The lowest BCUT2D eigenvalue weighted by atomic mass is 10.1. The fourth-order valence-electron chi connectivity index (χ4n) is 3.40. The number of ketones is 1.